The van der Waals surface area contributed by atoms with E-state index in [2.05, 4.69) is 5.32 Å². The highest BCUT2D eigenvalue weighted by Gasteiger charge is 2.17. The minimum Gasteiger partial charge on any atom is -0.478 e. The Balaban J connectivity index is 2.45. The summed E-state index contributed by atoms with van der Waals surface area (Å²) in [5, 5.41) is 23.3. The van der Waals surface area contributed by atoms with Gasteiger partial charge < -0.3 is 10.4 Å². The van der Waals surface area contributed by atoms with E-state index in [0.29, 0.717) is 10.7 Å². The monoisotopic (exact) mass is 326 g/mol. The molecule has 108 valence electrons. The second-order valence-electron chi connectivity index (χ2n) is 4.05. The number of halogens is 2. The molecule has 0 bridgehead atoms. The lowest BCUT2D eigenvalue weighted by atomic mass is 10.1. The van der Waals surface area contributed by atoms with Gasteiger partial charge in [0, 0.05) is 11.8 Å². The number of rotatable bonds is 4. The smallest absolute Gasteiger partial charge is 0.335 e. The number of carboxylic acids is 1. The maximum Gasteiger partial charge on any atom is 0.335 e. The molecule has 21 heavy (non-hydrogen) atoms. The molecule has 0 atom stereocenters. The second-order valence-corrected chi connectivity index (χ2v) is 4.86. The summed E-state index contributed by atoms with van der Waals surface area (Å²) in [5.41, 5.74) is 0.197. The number of anilines is 2. The van der Waals surface area contributed by atoms with Crippen molar-refractivity contribution in [1.29, 1.82) is 0 Å². The van der Waals surface area contributed by atoms with Gasteiger partial charge in [-0.3, -0.25) is 10.1 Å². The van der Waals surface area contributed by atoms with E-state index in [1.165, 1.54) is 24.3 Å². The summed E-state index contributed by atoms with van der Waals surface area (Å²) in [6, 6.07) is 8.07. The van der Waals surface area contributed by atoms with Gasteiger partial charge >= 0.3 is 5.97 Å². The van der Waals surface area contributed by atoms with Crippen LogP contribution in [0.5, 0.6) is 0 Å². The summed E-state index contributed by atoms with van der Waals surface area (Å²) in [6.45, 7) is 0. The van der Waals surface area contributed by atoms with Crippen LogP contribution in [0.2, 0.25) is 10.0 Å². The number of hydrogen-bond donors (Lipinski definition) is 2. The fourth-order valence-corrected chi connectivity index (χ4v) is 1.96. The van der Waals surface area contributed by atoms with Crippen molar-refractivity contribution >= 4 is 46.2 Å². The number of nitrogens with one attached hydrogen (secondary N) is 1. The Morgan fingerprint density at radius 2 is 1.86 bits per heavy atom. The van der Waals surface area contributed by atoms with E-state index in [1.54, 1.807) is 6.07 Å². The van der Waals surface area contributed by atoms with E-state index >= 15 is 0 Å². The molecule has 2 aromatic rings. The first-order chi connectivity index (χ1) is 9.88. The number of carboxylic acid groups (broad SMARTS) is 1. The van der Waals surface area contributed by atoms with Crippen molar-refractivity contribution in [2.45, 2.75) is 0 Å². The minimum atomic E-state index is -1.18. The molecular formula is C13H8Cl2N2O4. The maximum atomic E-state index is 11.0. The van der Waals surface area contributed by atoms with Crippen molar-refractivity contribution in [3.05, 3.63) is 62.1 Å². The Labute approximate surface area is 129 Å². The van der Waals surface area contributed by atoms with Gasteiger partial charge in [-0.2, -0.15) is 0 Å². The number of hydrogen-bond acceptors (Lipinski definition) is 4. The Morgan fingerprint density at radius 3 is 2.43 bits per heavy atom. The van der Waals surface area contributed by atoms with Crippen LogP contribution >= 0.6 is 23.2 Å². The van der Waals surface area contributed by atoms with E-state index in [9.17, 15) is 14.9 Å². The van der Waals surface area contributed by atoms with E-state index in [0.717, 1.165) is 6.07 Å². The highest BCUT2D eigenvalue weighted by molar-refractivity contribution is 6.42. The van der Waals surface area contributed by atoms with Gasteiger partial charge in [-0.25, -0.2) is 4.79 Å². The molecule has 0 amide bonds. The van der Waals surface area contributed by atoms with Crippen molar-refractivity contribution in [3.8, 4) is 0 Å². The zero-order chi connectivity index (χ0) is 15.6. The molecule has 2 rings (SSSR count). The molecule has 0 unspecified atom stereocenters. The molecule has 6 nitrogen and oxygen atoms in total. The van der Waals surface area contributed by atoms with E-state index in [4.69, 9.17) is 28.3 Å². The summed E-state index contributed by atoms with van der Waals surface area (Å²) in [5.74, 6) is -1.18. The molecule has 0 radical (unpaired) electrons. The molecule has 0 aliphatic carbocycles. The molecular weight excluding hydrogens is 319 g/mol. The first-order valence-electron chi connectivity index (χ1n) is 5.62. The third kappa shape index (κ3) is 3.42. The number of nitro groups is 1. The van der Waals surface area contributed by atoms with Gasteiger partial charge in [-0.05, 0) is 30.3 Å². The second kappa shape index (κ2) is 5.99. The fourth-order valence-electron chi connectivity index (χ4n) is 1.66. The van der Waals surface area contributed by atoms with Crippen molar-refractivity contribution in [1.82, 2.24) is 0 Å². The molecule has 0 spiro atoms. The van der Waals surface area contributed by atoms with Crippen LogP contribution in [0.25, 0.3) is 0 Å². The van der Waals surface area contributed by atoms with Gasteiger partial charge in [0.1, 0.15) is 5.69 Å². The molecule has 0 aliphatic heterocycles. The standard InChI is InChI=1S/C13H8Cl2N2O4/c14-9-3-2-8(6-10(9)15)16-11-5-7(13(18)19)1-4-12(11)17(20)21/h1-6,16H,(H,18,19). The number of nitro benzene ring substituents is 1. The highest BCUT2D eigenvalue weighted by atomic mass is 35.5. The van der Waals surface area contributed by atoms with Gasteiger partial charge in [0.25, 0.3) is 5.69 Å². The summed E-state index contributed by atoms with van der Waals surface area (Å²) in [6.07, 6.45) is 0. The van der Waals surface area contributed by atoms with Crippen LogP contribution in [0.15, 0.2) is 36.4 Å². The number of nitrogens with zero attached hydrogens (tertiary/aromatic N) is 1. The quantitative estimate of drug-likeness (QED) is 0.643. The summed E-state index contributed by atoms with van der Waals surface area (Å²) < 4.78 is 0. The average Bonchev–Trinajstić information content (AvgIpc) is 2.42. The lowest BCUT2D eigenvalue weighted by molar-refractivity contribution is -0.383. The Hall–Kier alpha value is -2.31. The maximum absolute atomic E-state index is 11.0. The topological polar surface area (TPSA) is 92.5 Å². The normalized spacial score (nSPS) is 10.2. The molecule has 0 fully saturated rings. The predicted molar refractivity (Wildman–Crippen MR) is 79.8 cm³/mol. The summed E-state index contributed by atoms with van der Waals surface area (Å²) in [4.78, 5) is 21.3. The fraction of sp³-hybridized carbons (Fsp3) is 0. The van der Waals surface area contributed by atoms with E-state index in [-0.39, 0.29) is 22.0 Å². The molecule has 0 saturated carbocycles. The Morgan fingerprint density at radius 1 is 1.14 bits per heavy atom. The van der Waals surface area contributed by atoms with Crippen molar-refractivity contribution < 1.29 is 14.8 Å². The van der Waals surface area contributed by atoms with E-state index < -0.39 is 10.9 Å². The van der Waals surface area contributed by atoms with Gasteiger partial charge in [0.05, 0.1) is 20.5 Å². The van der Waals surface area contributed by atoms with E-state index in [1.807, 2.05) is 0 Å². The largest absolute Gasteiger partial charge is 0.478 e. The third-order valence-electron chi connectivity index (χ3n) is 2.64. The molecule has 0 saturated heterocycles. The molecule has 2 aromatic carbocycles. The molecule has 0 aromatic heterocycles. The van der Waals surface area contributed by atoms with Crippen LogP contribution in [-0.2, 0) is 0 Å². The zero-order valence-corrected chi connectivity index (χ0v) is 11.9. The number of carbonyl (C=O) groups is 1. The van der Waals surface area contributed by atoms with Gasteiger partial charge in [-0.15, -0.1) is 0 Å². The van der Waals surface area contributed by atoms with Crippen molar-refractivity contribution in [3.63, 3.8) is 0 Å². The summed E-state index contributed by atoms with van der Waals surface area (Å²) in [7, 11) is 0. The zero-order valence-electron chi connectivity index (χ0n) is 10.3. The molecule has 0 heterocycles. The van der Waals surface area contributed by atoms with Gasteiger partial charge in [-0.1, -0.05) is 23.2 Å². The van der Waals surface area contributed by atoms with Crippen LogP contribution in [0.3, 0.4) is 0 Å². The van der Waals surface area contributed by atoms with Crippen LogP contribution in [0.1, 0.15) is 10.4 Å². The predicted octanol–water partition coefficient (Wildman–Crippen LogP) is 4.34. The van der Waals surface area contributed by atoms with Crippen molar-refractivity contribution in [2.75, 3.05) is 5.32 Å². The Kier molecular flexibility index (Phi) is 4.30. The van der Waals surface area contributed by atoms with Gasteiger partial charge in [0.2, 0.25) is 0 Å². The lowest BCUT2D eigenvalue weighted by Gasteiger charge is -2.09. The first kappa shape index (κ1) is 15.1. The minimum absolute atomic E-state index is 0.0540. The molecule has 8 heteroatoms. The third-order valence-corrected chi connectivity index (χ3v) is 3.38. The Bertz CT molecular complexity index is 734. The van der Waals surface area contributed by atoms with Crippen molar-refractivity contribution in [2.24, 2.45) is 0 Å². The van der Waals surface area contributed by atoms with Gasteiger partial charge in [0.15, 0.2) is 0 Å². The number of benzene rings is 2. The first-order valence-corrected chi connectivity index (χ1v) is 6.38. The number of aromatic carboxylic acids is 1. The lowest BCUT2D eigenvalue weighted by Crippen LogP contribution is -2.01. The van der Waals surface area contributed by atoms with Crippen LogP contribution in [0, 0.1) is 10.1 Å². The molecule has 2 N–H and O–H groups in total. The SMILES string of the molecule is O=C(O)c1ccc([N+](=O)[O-])c(Nc2ccc(Cl)c(Cl)c2)c1. The van der Waals surface area contributed by atoms with Crippen LogP contribution < -0.4 is 5.32 Å². The highest BCUT2D eigenvalue weighted by Crippen LogP contribution is 2.31. The average molecular weight is 327 g/mol. The van der Waals surface area contributed by atoms with Crippen LogP contribution in [-0.4, -0.2) is 16.0 Å². The summed E-state index contributed by atoms with van der Waals surface area (Å²) >= 11 is 11.7. The van der Waals surface area contributed by atoms with Crippen LogP contribution in [0.4, 0.5) is 17.1 Å². The molecule has 0 aliphatic rings.